The molecule has 2 fully saturated rings. The largest absolute Gasteiger partial charge is 0.457 e. The fourth-order valence-electron chi connectivity index (χ4n) is 4.63. The summed E-state index contributed by atoms with van der Waals surface area (Å²) in [5.74, 6) is -0.220. The van der Waals surface area contributed by atoms with E-state index in [2.05, 4.69) is 20.9 Å². The van der Waals surface area contributed by atoms with E-state index >= 15 is 0 Å². The smallest absolute Gasteiger partial charge is 0.338 e. The number of esters is 1. The molecule has 188 valence electrons. The zero-order chi connectivity index (χ0) is 24.3. The second-order valence-corrected chi connectivity index (χ2v) is 9.04. The molecule has 1 atom stereocenters. The predicted molar refractivity (Wildman–Crippen MR) is 138 cm³/mol. The fourth-order valence-corrected chi connectivity index (χ4v) is 4.63. The van der Waals surface area contributed by atoms with E-state index in [0.29, 0.717) is 12.1 Å². The number of hydrogen-bond donors (Lipinski definition) is 3. The second-order valence-electron chi connectivity index (χ2n) is 9.04. The third kappa shape index (κ3) is 7.35. The van der Waals surface area contributed by atoms with Crippen molar-refractivity contribution in [2.24, 2.45) is 0 Å². The minimum absolute atomic E-state index is 0.121. The van der Waals surface area contributed by atoms with Crippen molar-refractivity contribution >= 4 is 17.6 Å². The number of hydrogen-bond acceptors (Lipinski definition) is 7. The third-order valence-electron chi connectivity index (χ3n) is 6.59. The lowest BCUT2D eigenvalue weighted by molar-refractivity contribution is -0.125. The van der Waals surface area contributed by atoms with E-state index in [-0.39, 0.29) is 24.5 Å². The van der Waals surface area contributed by atoms with Crippen LogP contribution >= 0.6 is 0 Å². The molecule has 4 rings (SSSR count). The Hall–Kier alpha value is -2.78. The quantitative estimate of drug-likeness (QED) is 0.562. The van der Waals surface area contributed by atoms with Gasteiger partial charge in [-0.3, -0.25) is 9.69 Å². The van der Waals surface area contributed by atoms with Gasteiger partial charge < -0.3 is 25.6 Å². The Kier molecular flexibility index (Phi) is 9.65. The van der Waals surface area contributed by atoms with Crippen LogP contribution in [0.3, 0.4) is 0 Å². The summed E-state index contributed by atoms with van der Waals surface area (Å²) in [5.41, 5.74) is 2.27. The highest BCUT2D eigenvalue weighted by Crippen LogP contribution is 2.24. The zero-order valence-corrected chi connectivity index (χ0v) is 20.4. The van der Waals surface area contributed by atoms with Crippen LogP contribution in [0.2, 0.25) is 0 Å². The van der Waals surface area contributed by atoms with Gasteiger partial charge in [0, 0.05) is 64.6 Å². The van der Waals surface area contributed by atoms with Gasteiger partial charge >= 0.3 is 5.97 Å². The number of carbonyl (C=O) groups excluding carboxylic acids is 2. The van der Waals surface area contributed by atoms with Crippen molar-refractivity contribution in [3.05, 3.63) is 65.7 Å². The monoisotopic (exact) mass is 479 g/mol. The van der Waals surface area contributed by atoms with E-state index in [9.17, 15) is 9.59 Å². The topological polar surface area (TPSA) is 85.9 Å². The Morgan fingerprint density at radius 1 is 0.829 bits per heavy atom. The first-order valence-corrected chi connectivity index (χ1v) is 12.7. The van der Waals surface area contributed by atoms with Gasteiger partial charge in [-0.25, -0.2) is 4.79 Å². The maximum absolute atomic E-state index is 13.5. The molecule has 2 aromatic carbocycles. The zero-order valence-electron chi connectivity index (χ0n) is 20.4. The molecule has 0 spiro atoms. The number of piperidine rings is 1. The van der Waals surface area contributed by atoms with Crippen molar-refractivity contribution in [3.63, 3.8) is 0 Å². The lowest BCUT2D eigenvalue weighted by Gasteiger charge is -2.39. The molecule has 2 heterocycles. The summed E-state index contributed by atoms with van der Waals surface area (Å²) in [4.78, 5) is 30.2. The first-order valence-electron chi connectivity index (χ1n) is 12.7. The van der Waals surface area contributed by atoms with Crippen LogP contribution in [-0.2, 0) is 16.1 Å². The van der Waals surface area contributed by atoms with Crippen LogP contribution in [0.15, 0.2) is 54.6 Å². The van der Waals surface area contributed by atoms with Crippen LogP contribution in [0.1, 0.15) is 28.8 Å². The van der Waals surface area contributed by atoms with Crippen LogP contribution in [0.25, 0.3) is 0 Å². The highest BCUT2D eigenvalue weighted by molar-refractivity contribution is 5.98. The van der Waals surface area contributed by atoms with Gasteiger partial charge in [-0.15, -0.1) is 0 Å². The number of nitrogens with zero attached hydrogens (tertiary/aromatic N) is 2. The third-order valence-corrected chi connectivity index (χ3v) is 6.59. The number of carbonyl (C=O) groups is 2. The Bertz CT molecular complexity index is 926. The van der Waals surface area contributed by atoms with Crippen molar-refractivity contribution in [2.75, 3.05) is 63.8 Å². The van der Waals surface area contributed by atoms with Gasteiger partial charge in [0.15, 0.2) is 0 Å². The molecule has 2 aliphatic heterocycles. The van der Waals surface area contributed by atoms with Gasteiger partial charge in [0.1, 0.15) is 6.61 Å². The molecule has 0 bridgehead atoms. The molecule has 1 unspecified atom stereocenters. The van der Waals surface area contributed by atoms with Gasteiger partial charge in [-0.2, -0.15) is 0 Å². The lowest BCUT2D eigenvalue weighted by atomic mass is 10.0. The minimum Gasteiger partial charge on any atom is -0.457 e. The van der Waals surface area contributed by atoms with Crippen molar-refractivity contribution in [3.8, 4) is 0 Å². The Morgan fingerprint density at radius 3 is 2.11 bits per heavy atom. The van der Waals surface area contributed by atoms with Crippen LogP contribution in [0, 0.1) is 0 Å². The van der Waals surface area contributed by atoms with E-state index in [1.54, 1.807) is 12.1 Å². The normalized spacial score (nSPS) is 21.1. The molecule has 0 aromatic heterocycles. The predicted octanol–water partition coefficient (Wildman–Crippen LogP) is 1.62. The first-order chi connectivity index (χ1) is 17.2. The molecule has 0 saturated carbocycles. The van der Waals surface area contributed by atoms with Crippen LogP contribution in [0.5, 0.6) is 0 Å². The van der Waals surface area contributed by atoms with Gasteiger partial charge in [-0.1, -0.05) is 30.3 Å². The van der Waals surface area contributed by atoms with Crippen molar-refractivity contribution in [1.29, 1.82) is 0 Å². The minimum atomic E-state index is -0.363. The molecular formula is C27H37N5O3. The summed E-state index contributed by atoms with van der Waals surface area (Å²) >= 11 is 0. The molecule has 2 saturated heterocycles. The Labute approximate surface area is 208 Å². The molecule has 2 aromatic rings. The number of ether oxygens (including phenoxy) is 1. The summed E-state index contributed by atoms with van der Waals surface area (Å²) in [7, 11) is 0. The van der Waals surface area contributed by atoms with E-state index < -0.39 is 0 Å². The Morgan fingerprint density at radius 2 is 1.46 bits per heavy atom. The Balaban J connectivity index is 1.36. The highest BCUT2D eigenvalue weighted by Gasteiger charge is 2.33. The molecular weight excluding hydrogens is 442 g/mol. The summed E-state index contributed by atoms with van der Waals surface area (Å²) in [6.45, 7) is 8.12. The van der Waals surface area contributed by atoms with Gasteiger partial charge in [-0.05, 0) is 42.7 Å². The maximum Gasteiger partial charge on any atom is 0.338 e. The highest BCUT2D eigenvalue weighted by atomic mass is 16.5. The van der Waals surface area contributed by atoms with E-state index in [1.165, 1.54) is 0 Å². The molecule has 3 N–H and O–H groups in total. The average molecular weight is 480 g/mol. The van der Waals surface area contributed by atoms with Crippen molar-refractivity contribution < 1.29 is 14.3 Å². The number of nitrogens with one attached hydrogen (secondary N) is 3. The summed E-state index contributed by atoms with van der Waals surface area (Å²) in [6, 6.07) is 16.7. The summed E-state index contributed by atoms with van der Waals surface area (Å²) in [6.07, 6.45) is 1.83. The first kappa shape index (κ1) is 25.3. The molecule has 0 aliphatic carbocycles. The van der Waals surface area contributed by atoms with Crippen LogP contribution < -0.4 is 20.9 Å². The van der Waals surface area contributed by atoms with E-state index in [4.69, 9.17) is 4.74 Å². The molecule has 8 heteroatoms. The second kappa shape index (κ2) is 13.3. The standard InChI is InChI=1S/C27H37N5O3/c33-26-25(31-19-16-29-14-12-28-13-15-30-17-20-31)7-4-18-32(26)24-10-8-23(9-11-24)27(34)35-21-22-5-2-1-3-6-22/h1-3,5-6,8-11,25,28-30H,4,7,12-21H2. The molecule has 2 aliphatic rings. The number of rotatable bonds is 5. The van der Waals surface area contributed by atoms with Gasteiger partial charge in [0.05, 0.1) is 11.6 Å². The SMILES string of the molecule is O=C(OCc1ccccc1)c1ccc(N2CCCC(N3CCNCCNCCNCC3)C2=O)cc1. The number of benzene rings is 2. The van der Waals surface area contributed by atoms with Crippen molar-refractivity contribution in [1.82, 2.24) is 20.9 Å². The fraction of sp³-hybridized carbons (Fsp3) is 0.481. The summed E-state index contributed by atoms with van der Waals surface area (Å²) < 4.78 is 5.43. The number of anilines is 1. The summed E-state index contributed by atoms with van der Waals surface area (Å²) in [5, 5.41) is 10.4. The van der Waals surface area contributed by atoms with E-state index in [1.807, 2.05) is 47.4 Å². The average Bonchev–Trinajstić information content (AvgIpc) is 2.89. The van der Waals surface area contributed by atoms with Crippen LogP contribution in [-0.4, -0.2) is 81.7 Å². The molecule has 8 nitrogen and oxygen atoms in total. The molecule has 1 amide bonds. The van der Waals surface area contributed by atoms with E-state index in [0.717, 1.165) is 76.5 Å². The van der Waals surface area contributed by atoms with Gasteiger partial charge in [0.2, 0.25) is 5.91 Å². The van der Waals surface area contributed by atoms with Gasteiger partial charge in [0.25, 0.3) is 0 Å². The van der Waals surface area contributed by atoms with Crippen LogP contribution in [0.4, 0.5) is 5.69 Å². The molecule has 0 radical (unpaired) electrons. The maximum atomic E-state index is 13.5. The number of amides is 1. The molecule has 35 heavy (non-hydrogen) atoms. The lowest BCUT2D eigenvalue weighted by Crippen LogP contribution is -2.55. The van der Waals surface area contributed by atoms with Crippen molar-refractivity contribution in [2.45, 2.75) is 25.5 Å².